The zero-order chi connectivity index (χ0) is 15.5. The minimum Gasteiger partial charge on any atom is -0.246 e. The summed E-state index contributed by atoms with van der Waals surface area (Å²) >= 11 is 3.33. The highest BCUT2D eigenvalue weighted by Crippen LogP contribution is 2.26. The summed E-state index contributed by atoms with van der Waals surface area (Å²) < 4.78 is 27.6. The molecule has 0 saturated carbocycles. The molecular weight excluding hydrogens is 352 g/mol. The molecule has 0 unspecified atom stereocenters. The third kappa shape index (κ3) is 3.33. The van der Waals surface area contributed by atoms with Crippen LogP contribution in [0.5, 0.6) is 0 Å². The number of aryl methyl sites for hydroxylation is 1. The van der Waals surface area contributed by atoms with Crippen LogP contribution in [0.4, 0.5) is 5.82 Å². The molecule has 0 aliphatic rings. The van der Waals surface area contributed by atoms with Crippen LogP contribution < -0.4 is 4.31 Å². The van der Waals surface area contributed by atoms with E-state index in [4.69, 9.17) is 0 Å². The lowest BCUT2D eigenvalue weighted by Gasteiger charge is -2.23. The van der Waals surface area contributed by atoms with E-state index in [-0.39, 0.29) is 11.4 Å². The van der Waals surface area contributed by atoms with Gasteiger partial charge in [-0.05, 0) is 46.6 Å². The molecule has 1 aromatic heterocycles. The number of hydrogen-bond acceptors (Lipinski definition) is 3. The molecule has 0 aliphatic carbocycles. The minimum atomic E-state index is -3.67. The number of pyridine rings is 1. The van der Waals surface area contributed by atoms with E-state index >= 15 is 0 Å². The molecule has 2 aromatic rings. The number of aromatic nitrogens is 1. The van der Waals surface area contributed by atoms with Gasteiger partial charge in [-0.1, -0.05) is 24.3 Å². The van der Waals surface area contributed by atoms with Crippen LogP contribution >= 0.6 is 15.9 Å². The number of benzene rings is 1. The van der Waals surface area contributed by atoms with E-state index in [1.165, 1.54) is 4.31 Å². The Hall–Kier alpha value is -1.66. The van der Waals surface area contributed by atoms with Crippen LogP contribution in [-0.2, 0) is 10.0 Å². The molecule has 0 saturated heterocycles. The molecule has 0 bridgehead atoms. The lowest BCUT2D eigenvalue weighted by Crippen LogP contribution is -2.32. The molecule has 0 radical (unpaired) electrons. The molecule has 0 fully saturated rings. The summed E-state index contributed by atoms with van der Waals surface area (Å²) in [5.74, 6) is 0.405. The van der Waals surface area contributed by atoms with Gasteiger partial charge in [0.15, 0.2) is 0 Å². The second-order valence-corrected chi connectivity index (χ2v) is 7.21. The van der Waals surface area contributed by atoms with Crippen LogP contribution in [-0.4, -0.2) is 19.9 Å². The van der Waals surface area contributed by atoms with E-state index in [1.807, 2.05) is 13.0 Å². The molecule has 0 atom stereocenters. The molecule has 21 heavy (non-hydrogen) atoms. The number of nitrogens with zero attached hydrogens (tertiary/aromatic N) is 2. The van der Waals surface area contributed by atoms with Crippen molar-refractivity contribution in [2.75, 3.05) is 10.8 Å². The third-order valence-corrected chi connectivity index (χ3v) is 5.08. The van der Waals surface area contributed by atoms with Crippen LogP contribution in [0.2, 0.25) is 0 Å². The van der Waals surface area contributed by atoms with Gasteiger partial charge in [-0.15, -0.1) is 6.58 Å². The van der Waals surface area contributed by atoms with E-state index < -0.39 is 10.0 Å². The Bertz CT molecular complexity index is 746. The molecule has 0 spiro atoms. The van der Waals surface area contributed by atoms with Crippen molar-refractivity contribution in [3.8, 4) is 0 Å². The molecule has 110 valence electrons. The Morgan fingerprint density at radius 1 is 1.33 bits per heavy atom. The summed E-state index contributed by atoms with van der Waals surface area (Å²) in [6.07, 6.45) is 3.13. The second-order valence-electron chi connectivity index (χ2n) is 4.43. The first-order valence-electron chi connectivity index (χ1n) is 6.27. The van der Waals surface area contributed by atoms with Crippen molar-refractivity contribution in [1.82, 2.24) is 4.98 Å². The minimum absolute atomic E-state index is 0.159. The van der Waals surface area contributed by atoms with Crippen molar-refractivity contribution in [2.45, 2.75) is 11.8 Å². The molecule has 6 heteroatoms. The highest BCUT2D eigenvalue weighted by atomic mass is 79.9. The van der Waals surface area contributed by atoms with Crippen molar-refractivity contribution in [3.63, 3.8) is 0 Å². The second kappa shape index (κ2) is 6.41. The van der Waals surface area contributed by atoms with Gasteiger partial charge >= 0.3 is 0 Å². The van der Waals surface area contributed by atoms with Gasteiger partial charge in [-0.2, -0.15) is 0 Å². The summed E-state index contributed by atoms with van der Waals surface area (Å²) in [6.45, 7) is 5.62. The first kappa shape index (κ1) is 15.7. The summed E-state index contributed by atoms with van der Waals surface area (Å²) in [7, 11) is -3.67. The van der Waals surface area contributed by atoms with Crippen LogP contribution in [0.1, 0.15) is 5.56 Å². The lowest BCUT2D eigenvalue weighted by atomic mass is 10.3. The number of halogens is 1. The van der Waals surface area contributed by atoms with Crippen molar-refractivity contribution in [3.05, 3.63) is 65.3 Å². The molecule has 0 amide bonds. The maximum Gasteiger partial charge on any atom is 0.265 e. The van der Waals surface area contributed by atoms with E-state index in [1.54, 1.807) is 42.6 Å². The molecule has 2 rings (SSSR count). The maximum atomic E-state index is 12.8. The Morgan fingerprint density at radius 2 is 2.00 bits per heavy atom. The number of sulfonamides is 1. The van der Waals surface area contributed by atoms with Gasteiger partial charge in [0.05, 0.1) is 11.4 Å². The average molecular weight is 367 g/mol. The van der Waals surface area contributed by atoms with Gasteiger partial charge in [-0.25, -0.2) is 17.7 Å². The van der Waals surface area contributed by atoms with Crippen LogP contribution in [0.3, 0.4) is 0 Å². The number of hydrogen-bond donors (Lipinski definition) is 0. The van der Waals surface area contributed by atoms with Crippen molar-refractivity contribution >= 4 is 31.8 Å². The van der Waals surface area contributed by atoms with Gasteiger partial charge in [-0.3, -0.25) is 0 Å². The fourth-order valence-electron chi connectivity index (χ4n) is 1.93. The Morgan fingerprint density at radius 3 is 2.57 bits per heavy atom. The predicted octanol–water partition coefficient (Wildman–Crippen LogP) is 3.53. The fourth-order valence-corrected chi connectivity index (χ4v) is 3.85. The smallest absolute Gasteiger partial charge is 0.246 e. The Balaban J connectivity index is 2.56. The summed E-state index contributed by atoms with van der Waals surface area (Å²) in [6, 6.07) is 10.1. The standard InChI is InChI=1S/C15H15BrN2O2S/c1-3-9-18(15-12(2)10-13(16)11-17-15)21(19,20)14-7-5-4-6-8-14/h3-8,10-11H,1,9H2,2H3. The van der Waals surface area contributed by atoms with E-state index in [2.05, 4.69) is 27.5 Å². The lowest BCUT2D eigenvalue weighted by molar-refractivity contribution is 0.592. The Labute approximate surface area is 133 Å². The summed E-state index contributed by atoms with van der Waals surface area (Å²) in [4.78, 5) is 4.47. The van der Waals surface area contributed by atoms with E-state index in [0.29, 0.717) is 5.82 Å². The fraction of sp³-hybridized carbons (Fsp3) is 0.133. The molecule has 4 nitrogen and oxygen atoms in total. The van der Waals surface area contributed by atoms with Crippen LogP contribution in [0, 0.1) is 6.92 Å². The summed E-state index contributed by atoms with van der Waals surface area (Å²) in [5.41, 5.74) is 0.769. The van der Waals surface area contributed by atoms with Crippen molar-refractivity contribution in [1.29, 1.82) is 0 Å². The van der Waals surface area contributed by atoms with Crippen molar-refractivity contribution in [2.24, 2.45) is 0 Å². The number of rotatable bonds is 5. The van der Waals surface area contributed by atoms with Crippen LogP contribution in [0.25, 0.3) is 0 Å². The molecule has 0 aliphatic heterocycles. The molecule has 1 aromatic carbocycles. The average Bonchev–Trinajstić information content (AvgIpc) is 2.46. The highest BCUT2D eigenvalue weighted by Gasteiger charge is 2.25. The highest BCUT2D eigenvalue weighted by molar-refractivity contribution is 9.10. The number of anilines is 1. The first-order valence-corrected chi connectivity index (χ1v) is 8.51. The predicted molar refractivity (Wildman–Crippen MR) is 87.8 cm³/mol. The van der Waals surface area contributed by atoms with Gasteiger partial charge < -0.3 is 0 Å². The maximum absolute atomic E-state index is 12.8. The largest absolute Gasteiger partial charge is 0.265 e. The molecular formula is C15H15BrN2O2S. The van der Waals surface area contributed by atoms with Gasteiger partial charge in [0.1, 0.15) is 5.82 Å². The Kier molecular flexibility index (Phi) is 4.80. The zero-order valence-electron chi connectivity index (χ0n) is 11.5. The normalized spacial score (nSPS) is 11.1. The monoisotopic (exact) mass is 366 g/mol. The van der Waals surface area contributed by atoms with E-state index in [0.717, 1.165) is 10.0 Å². The van der Waals surface area contributed by atoms with Gasteiger partial charge in [0.25, 0.3) is 10.0 Å². The van der Waals surface area contributed by atoms with E-state index in [9.17, 15) is 8.42 Å². The van der Waals surface area contributed by atoms with Gasteiger partial charge in [0.2, 0.25) is 0 Å². The third-order valence-electron chi connectivity index (χ3n) is 2.88. The zero-order valence-corrected chi connectivity index (χ0v) is 13.9. The van der Waals surface area contributed by atoms with Gasteiger partial charge in [0, 0.05) is 10.7 Å². The SMILES string of the molecule is C=CCN(c1ncc(Br)cc1C)S(=O)(=O)c1ccccc1. The topological polar surface area (TPSA) is 50.3 Å². The first-order chi connectivity index (χ1) is 9.96. The quantitative estimate of drug-likeness (QED) is 0.760. The molecule has 0 N–H and O–H groups in total. The van der Waals surface area contributed by atoms with Crippen LogP contribution in [0.15, 0.2) is 64.6 Å². The summed E-state index contributed by atoms with van der Waals surface area (Å²) in [5, 5.41) is 0. The molecule has 1 heterocycles. The van der Waals surface area contributed by atoms with Crippen molar-refractivity contribution < 1.29 is 8.42 Å².